The second-order valence-corrected chi connectivity index (χ2v) is 4.73. The van der Waals surface area contributed by atoms with E-state index in [1.165, 1.54) is 31.5 Å². The van der Waals surface area contributed by atoms with Crippen LogP contribution in [0.3, 0.4) is 0 Å². The van der Waals surface area contributed by atoms with Crippen LogP contribution >= 0.6 is 11.6 Å². The predicted octanol–water partition coefficient (Wildman–Crippen LogP) is 3.14. The molecule has 0 bridgehead atoms. The van der Waals surface area contributed by atoms with Crippen LogP contribution in [-0.4, -0.2) is 23.9 Å². The van der Waals surface area contributed by atoms with Gasteiger partial charge in [0.15, 0.2) is 0 Å². The Labute approximate surface area is 97.0 Å². The molecule has 1 nitrogen and oxygen atoms in total. The molecule has 1 aromatic rings. The number of benzene rings is 1. The van der Waals surface area contributed by atoms with Gasteiger partial charge in [-0.15, -0.1) is 11.6 Å². The maximum absolute atomic E-state index is 5.77. The van der Waals surface area contributed by atoms with Gasteiger partial charge >= 0.3 is 0 Å². The molecule has 0 saturated carbocycles. The Hall–Kier alpha value is -0.530. The second-order valence-electron chi connectivity index (χ2n) is 4.35. The normalized spacial score (nSPS) is 22.1. The summed E-state index contributed by atoms with van der Waals surface area (Å²) in [7, 11) is 0. The largest absolute Gasteiger partial charge is 0.299 e. The van der Waals surface area contributed by atoms with E-state index in [1.54, 1.807) is 0 Å². The Morgan fingerprint density at radius 1 is 1.27 bits per heavy atom. The molecule has 15 heavy (non-hydrogen) atoms. The van der Waals surface area contributed by atoms with Crippen LogP contribution in [0.4, 0.5) is 0 Å². The van der Waals surface area contributed by atoms with Crippen LogP contribution in [0.1, 0.15) is 18.4 Å². The molecule has 1 aliphatic rings. The van der Waals surface area contributed by atoms with Gasteiger partial charge < -0.3 is 0 Å². The maximum atomic E-state index is 5.77. The average Bonchev–Trinajstić information content (AvgIpc) is 2.68. The lowest BCUT2D eigenvalue weighted by Gasteiger charge is -2.15. The minimum absolute atomic E-state index is 0.809. The van der Waals surface area contributed by atoms with Crippen LogP contribution in [0.2, 0.25) is 0 Å². The molecule has 1 aliphatic heterocycles. The second kappa shape index (κ2) is 5.53. The molecule has 0 radical (unpaired) electrons. The number of alkyl halides is 1. The minimum Gasteiger partial charge on any atom is -0.299 e. The Morgan fingerprint density at radius 3 is 2.80 bits per heavy atom. The van der Waals surface area contributed by atoms with E-state index < -0.39 is 0 Å². The van der Waals surface area contributed by atoms with Gasteiger partial charge in [-0.05, 0) is 30.9 Å². The van der Waals surface area contributed by atoms with Crippen LogP contribution in [0, 0.1) is 5.92 Å². The summed E-state index contributed by atoms with van der Waals surface area (Å²) in [6.45, 7) is 3.55. The molecular formula is C13H18ClN. The Morgan fingerprint density at radius 2 is 2.07 bits per heavy atom. The fourth-order valence-corrected chi connectivity index (χ4v) is 2.60. The molecule has 0 N–H and O–H groups in total. The van der Waals surface area contributed by atoms with E-state index in [2.05, 4.69) is 35.2 Å². The van der Waals surface area contributed by atoms with Crippen molar-refractivity contribution in [2.75, 3.05) is 19.0 Å². The topological polar surface area (TPSA) is 3.24 Å². The molecule has 0 aliphatic carbocycles. The van der Waals surface area contributed by atoms with E-state index in [0.717, 1.165) is 18.3 Å². The number of rotatable bonds is 4. The van der Waals surface area contributed by atoms with E-state index in [0.29, 0.717) is 0 Å². The summed E-state index contributed by atoms with van der Waals surface area (Å²) in [6.07, 6.45) is 2.49. The summed E-state index contributed by atoms with van der Waals surface area (Å²) in [6, 6.07) is 10.7. The summed E-state index contributed by atoms with van der Waals surface area (Å²) in [5, 5.41) is 0. The van der Waals surface area contributed by atoms with Crippen molar-refractivity contribution in [1.29, 1.82) is 0 Å². The highest BCUT2D eigenvalue weighted by Crippen LogP contribution is 2.21. The van der Waals surface area contributed by atoms with E-state index in [1.807, 2.05) is 0 Å². The van der Waals surface area contributed by atoms with Crippen molar-refractivity contribution in [3.8, 4) is 0 Å². The van der Waals surface area contributed by atoms with E-state index in [9.17, 15) is 0 Å². The number of nitrogens with zero attached hydrogens (tertiary/aromatic N) is 1. The van der Waals surface area contributed by atoms with Crippen molar-refractivity contribution in [1.82, 2.24) is 4.90 Å². The first-order valence-corrected chi connectivity index (χ1v) is 6.24. The van der Waals surface area contributed by atoms with Crippen molar-refractivity contribution in [3.05, 3.63) is 35.9 Å². The van der Waals surface area contributed by atoms with Crippen molar-refractivity contribution in [3.63, 3.8) is 0 Å². The molecule has 0 spiro atoms. The van der Waals surface area contributed by atoms with Crippen LogP contribution in [-0.2, 0) is 6.54 Å². The molecular weight excluding hydrogens is 206 g/mol. The minimum atomic E-state index is 0.809. The molecule has 1 fully saturated rings. The predicted molar refractivity (Wildman–Crippen MR) is 65.2 cm³/mol. The molecule has 1 saturated heterocycles. The number of likely N-dealkylation sites (tertiary alicyclic amines) is 1. The number of hydrogen-bond acceptors (Lipinski definition) is 1. The van der Waals surface area contributed by atoms with Crippen molar-refractivity contribution in [2.45, 2.75) is 19.4 Å². The van der Waals surface area contributed by atoms with Crippen molar-refractivity contribution < 1.29 is 0 Å². The summed E-state index contributed by atoms with van der Waals surface area (Å²) >= 11 is 5.77. The molecule has 1 unspecified atom stereocenters. The standard InChI is InChI=1S/C13H18ClN/c14-8-6-13-7-9-15(11-13)10-12-4-2-1-3-5-12/h1-5,13H,6-11H2. The van der Waals surface area contributed by atoms with Gasteiger partial charge in [0.25, 0.3) is 0 Å². The van der Waals surface area contributed by atoms with Gasteiger partial charge in [0.2, 0.25) is 0 Å². The smallest absolute Gasteiger partial charge is 0.0233 e. The van der Waals surface area contributed by atoms with Gasteiger partial charge in [0.05, 0.1) is 0 Å². The molecule has 82 valence electrons. The highest BCUT2D eigenvalue weighted by Gasteiger charge is 2.21. The molecule has 2 heteroatoms. The third kappa shape index (κ3) is 3.22. The number of halogens is 1. The molecule has 1 atom stereocenters. The van der Waals surface area contributed by atoms with Gasteiger partial charge in [0.1, 0.15) is 0 Å². The van der Waals surface area contributed by atoms with E-state index >= 15 is 0 Å². The van der Waals surface area contributed by atoms with Gasteiger partial charge in [0, 0.05) is 19.0 Å². The third-order valence-corrected chi connectivity index (χ3v) is 3.35. The zero-order valence-electron chi connectivity index (χ0n) is 9.03. The lowest BCUT2D eigenvalue weighted by Crippen LogP contribution is -2.20. The fourth-order valence-electron chi connectivity index (χ4n) is 2.29. The van der Waals surface area contributed by atoms with Gasteiger partial charge in [-0.2, -0.15) is 0 Å². The van der Waals surface area contributed by atoms with Crippen LogP contribution in [0.25, 0.3) is 0 Å². The molecule has 2 rings (SSSR count). The van der Waals surface area contributed by atoms with Gasteiger partial charge in [-0.3, -0.25) is 4.90 Å². The first-order valence-electron chi connectivity index (χ1n) is 5.70. The van der Waals surface area contributed by atoms with E-state index in [4.69, 9.17) is 11.6 Å². The third-order valence-electron chi connectivity index (χ3n) is 3.14. The Balaban J connectivity index is 1.82. The molecule has 1 heterocycles. The van der Waals surface area contributed by atoms with Crippen LogP contribution in [0.15, 0.2) is 30.3 Å². The van der Waals surface area contributed by atoms with E-state index in [-0.39, 0.29) is 0 Å². The van der Waals surface area contributed by atoms with Gasteiger partial charge in [-0.25, -0.2) is 0 Å². The first kappa shape index (κ1) is 11.0. The lowest BCUT2D eigenvalue weighted by atomic mass is 10.1. The summed E-state index contributed by atoms with van der Waals surface area (Å²) < 4.78 is 0. The maximum Gasteiger partial charge on any atom is 0.0233 e. The Kier molecular flexibility index (Phi) is 4.04. The SMILES string of the molecule is ClCCC1CCN(Cc2ccccc2)C1. The zero-order valence-corrected chi connectivity index (χ0v) is 9.79. The lowest BCUT2D eigenvalue weighted by molar-refractivity contribution is 0.315. The highest BCUT2D eigenvalue weighted by atomic mass is 35.5. The van der Waals surface area contributed by atoms with Crippen LogP contribution in [0.5, 0.6) is 0 Å². The van der Waals surface area contributed by atoms with Crippen molar-refractivity contribution >= 4 is 11.6 Å². The highest BCUT2D eigenvalue weighted by molar-refractivity contribution is 6.17. The summed E-state index contributed by atoms with van der Waals surface area (Å²) in [5.74, 6) is 1.63. The molecule has 0 amide bonds. The summed E-state index contributed by atoms with van der Waals surface area (Å²) in [4.78, 5) is 2.53. The quantitative estimate of drug-likeness (QED) is 0.709. The summed E-state index contributed by atoms with van der Waals surface area (Å²) in [5.41, 5.74) is 1.42. The average molecular weight is 224 g/mol. The molecule has 0 aromatic heterocycles. The number of hydrogen-bond donors (Lipinski definition) is 0. The first-order chi connectivity index (χ1) is 7.38. The fraction of sp³-hybridized carbons (Fsp3) is 0.538. The zero-order chi connectivity index (χ0) is 10.5. The van der Waals surface area contributed by atoms with Crippen molar-refractivity contribution in [2.24, 2.45) is 5.92 Å². The Bertz CT molecular complexity index is 286. The van der Waals surface area contributed by atoms with Gasteiger partial charge in [-0.1, -0.05) is 30.3 Å². The monoisotopic (exact) mass is 223 g/mol. The molecule has 1 aromatic carbocycles. The van der Waals surface area contributed by atoms with Crippen LogP contribution < -0.4 is 0 Å².